The molecule has 212 valence electrons. The quantitative estimate of drug-likeness (QED) is 0.274. The Kier molecular flexibility index (Phi) is 6.49. The van der Waals surface area contributed by atoms with Crippen LogP contribution in [0.4, 0.5) is 14.5 Å². The predicted octanol–water partition coefficient (Wildman–Crippen LogP) is 5.53. The van der Waals surface area contributed by atoms with E-state index in [0.29, 0.717) is 38.9 Å². The second-order valence-corrected chi connectivity index (χ2v) is 11.7. The van der Waals surface area contributed by atoms with Gasteiger partial charge in [-0.3, -0.25) is 18.7 Å². The average molecular weight is 588 g/mol. The highest BCUT2D eigenvalue weighted by Crippen LogP contribution is 2.41. The molecule has 6 rings (SSSR count). The standard InChI is InChI=1S/C30H23F2N5O4S/c1-33-30(38)28-22-12-21(23-13-26-24(15-34-23)35-16-37(26)20-10-8-19(32)9-11-20)25(36(2)42(3,39)40)14-27(22)41-29(28)17-4-6-18(31)7-5-17/h4-16H,1-3H3,(H,33,38). The largest absolute Gasteiger partial charge is 0.455 e. The van der Waals surface area contributed by atoms with E-state index in [1.807, 2.05) is 0 Å². The molecule has 42 heavy (non-hydrogen) atoms. The molecule has 3 aromatic carbocycles. The van der Waals surface area contributed by atoms with Gasteiger partial charge in [0.05, 0.1) is 34.9 Å². The number of rotatable bonds is 6. The lowest BCUT2D eigenvalue weighted by Crippen LogP contribution is -2.25. The summed E-state index contributed by atoms with van der Waals surface area (Å²) in [4.78, 5) is 22.1. The number of anilines is 1. The molecule has 9 nitrogen and oxygen atoms in total. The van der Waals surface area contributed by atoms with Gasteiger partial charge in [0.2, 0.25) is 10.0 Å². The zero-order valence-electron chi connectivity index (χ0n) is 22.6. The van der Waals surface area contributed by atoms with Gasteiger partial charge in [0.15, 0.2) is 0 Å². The number of furan rings is 1. The first kappa shape index (κ1) is 27.1. The Morgan fingerprint density at radius 3 is 2.29 bits per heavy atom. The van der Waals surface area contributed by atoms with Crippen molar-refractivity contribution in [1.82, 2.24) is 19.9 Å². The summed E-state index contributed by atoms with van der Waals surface area (Å²) in [7, 11) is -0.845. The van der Waals surface area contributed by atoms with Gasteiger partial charge >= 0.3 is 0 Å². The Bertz CT molecular complexity index is 2100. The number of carbonyl (C=O) groups excluding carboxylic acids is 1. The number of halogens is 2. The maximum atomic E-state index is 13.7. The summed E-state index contributed by atoms with van der Waals surface area (Å²) in [6.07, 6.45) is 4.21. The van der Waals surface area contributed by atoms with E-state index in [1.54, 1.807) is 41.4 Å². The minimum absolute atomic E-state index is 0.200. The van der Waals surface area contributed by atoms with E-state index >= 15 is 0 Å². The maximum Gasteiger partial charge on any atom is 0.255 e. The van der Waals surface area contributed by atoms with Gasteiger partial charge in [-0.2, -0.15) is 0 Å². The van der Waals surface area contributed by atoms with Gasteiger partial charge in [0.1, 0.15) is 34.8 Å². The number of pyridine rings is 1. The van der Waals surface area contributed by atoms with Crippen LogP contribution in [-0.4, -0.2) is 49.2 Å². The number of hydrogen-bond donors (Lipinski definition) is 1. The third-order valence-electron chi connectivity index (χ3n) is 7.02. The second kappa shape index (κ2) is 10.1. The van der Waals surface area contributed by atoms with E-state index in [0.717, 1.165) is 10.6 Å². The summed E-state index contributed by atoms with van der Waals surface area (Å²) in [6, 6.07) is 16.4. The normalized spacial score (nSPS) is 11.7. The van der Waals surface area contributed by atoms with Gasteiger partial charge in [-0.05, 0) is 60.7 Å². The number of amides is 1. The summed E-state index contributed by atoms with van der Waals surface area (Å²) in [5.74, 6) is -1.07. The Morgan fingerprint density at radius 1 is 0.976 bits per heavy atom. The van der Waals surface area contributed by atoms with Gasteiger partial charge in [-0.25, -0.2) is 22.2 Å². The Balaban J connectivity index is 1.63. The third kappa shape index (κ3) is 4.65. The van der Waals surface area contributed by atoms with Crippen LogP contribution in [0.25, 0.3) is 50.3 Å². The van der Waals surface area contributed by atoms with Crippen molar-refractivity contribution in [2.45, 2.75) is 0 Å². The van der Waals surface area contributed by atoms with Gasteiger partial charge in [-0.15, -0.1) is 0 Å². The van der Waals surface area contributed by atoms with E-state index in [9.17, 15) is 22.0 Å². The summed E-state index contributed by atoms with van der Waals surface area (Å²) in [5.41, 5.74) is 3.85. The minimum atomic E-state index is -3.73. The molecule has 0 saturated heterocycles. The number of nitrogens with zero attached hydrogens (tertiary/aromatic N) is 4. The van der Waals surface area contributed by atoms with Gasteiger partial charge in [0.25, 0.3) is 5.91 Å². The molecule has 12 heteroatoms. The van der Waals surface area contributed by atoms with Gasteiger partial charge in [0, 0.05) is 42.4 Å². The molecular weight excluding hydrogens is 564 g/mol. The van der Waals surface area contributed by atoms with E-state index in [4.69, 9.17) is 4.42 Å². The number of nitrogens with one attached hydrogen (secondary N) is 1. The van der Waals surface area contributed by atoms with E-state index in [-0.39, 0.29) is 28.4 Å². The maximum absolute atomic E-state index is 13.7. The molecule has 3 heterocycles. The topological polar surface area (TPSA) is 110 Å². The van der Waals surface area contributed by atoms with Crippen molar-refractivity contribution in [2.75, 3.05) is 24.7 Å². The third-order valence-corrected chi connectivity index (χ3v) is 8.21. The molecule has 0 saturated carbocycles. The number of aromatic nitrogens is 3. The number of imidazole rings is 1. The van der Waals surface area contributed by atoms with Gasteiger partial charge < -0.3 is 9.73 Å². The zero-order chi connectivity index (χ0) is 29.8. The van der Waals surface area contributed by atoms with Crippen molar-refractivity contribution >= 4 is 43.6 Å². The van der Waals surface area contributed by atoms with Crippen LogP contribution in [-0.2, 0) is 10.0 Å². The highest BCUT2D eigenvalue weighted by Gasteiger charge is 2.26. The Labute approximate surface area is 239 Å². The van der Waals surface area contributed by atoms with Crippen LogP contribution >= 0.6 is 0 Å². The predicted molar refractivity (Wildman–Crippen MR) is 156 cm³/mol. The van der Waals surface area contributed by atoms with Crippen molar-refractivity contribution < 1.29 is 26.4 Å². The fourth-order valence-corrected chi connectivity index (χ4v) is 5.31. The van der Waals surface area contributed by atoms with Crippen molar-refractivity contribution in [3.8, 4) is 28.3 Å². The minimum Gasteiger partial charge on any atom is -0.455 e. The molecule has 0 unspecified atom stereocenters. The van der Waals surface area contributed by atoms with Crippen LogP contribution in [0, 0.1) is 11.6 Å². The molecule has 0 aliphatic carbocycles. The smallest absolute Gasteiger partial charge is 0.255 e. The summed E-state index contributed by atoms with van der Waals surface area (Å²) in [5, 5.41) is 3.02. The van der Waals surface area contributed by atoms with Crippen molar-refractivity contribution in [1.29, 1.82) is 0 Å². The molecule has 0 aliphatic heterocycles. The van der Waals surface area contributed by atoms with Crippen molar-refractivity contribution in [3.63, 3.8) is 0 Å². The molecule has 0 spiro atoms. The summed E-state index contributed by atoms with van der Waals surface area (Å²) >= 11 is 0. The van der Waals surface area contributed by atoms with Crippen molar-refractivity contribution in [3.05, 3.63) is 96.5 Å². The molecule has 6 aromatic rings. The zero-order valence-corrected chi connectivity index (χ0v) is 23.4. The number of sulfonamides is 1. The molecule has 1 N–H and O–H groups in total. The van der Waals surface area contributed by atoms with E-state index in [2.05, 4.69) is 15.3 Å². The Hall–Kier alpha value is -5.10. The van der Waals surface area contributed by atoms with Crippen molar-refractivity contribution in [2.24, 2.45) is 0 Å². The monoisotopic (exact) mass is 587 g/mol. The lowest BCUT2D eigenvalue weighted by molar-refractivity contribution is 0.0964. The highest BCUT2D eigenvalue weighted by atomic mass is 32.2. The molecule has 0 radical (unpaired) electrons. The molecular formula is C30H23F2N5O4S. The van der Waals surface area contributed by atoms with Crippen LogP contribution in [0.15, 0.2) is 83.7 Å². The summed E-state index contributed by atoms with van der Waals surface area (Å²) in [6.45, 7) is 0. The fourth-order valence-electron chi connectivity index (χ4n) is 4.80. The number of hydrogen-bond acceptors (Lipinski definition) is 6. The van der Waals surface area contributed by atoms with E-state index in [1.165, 1.54) is 56.6 Å². The highest BCUT2D eigenvalue weighted by molar-refractivity contribution is 7.92. The molecule has 0 bridgehead atoms. The van der Waals surface area contributed by atoms with E-state index < -0.39 is 21.7 Å². The first-order valence-electron chi connectivity index (χ1n) is 12.7. The van der Waals surface area contributed by atoms with Crippen LogP contribution < -0.4 is 9.62 Å². The second-order valence-electron chi connectivity index (χ2n) is 9.64. The van der Waals surface area contributed by atoms with Crippen LogP contribution in [0.5, 0.6) is 0 Å². The lowest BCUT2D eigenvalue weighted by atomic mass is 10.0. The molecule has 1 amide bonds. The Morgan fingerprint density at radius 2 is 1.64 bits per heavy atom. The molecule has 3 aromatic heterocycles. The van der Waals surface area contributed by atoms with Crippen LogP contribution in [0.2, 0.25) is 0 Å². The SMILES string of the molecule is CNC(=O)c1c(-c2ccc(F)cc2)oc2cc(N(C)S(C)(=O)=O)c(-c3cc4c(cn3)ncn4-c3ccc(F)cc3)cc12. The van der Waals surface area contributed by atoms with Crippen LogP contribution in [0.1, 0.15) is 10.4 Å². The first-order chi connectivity index (χ1) is 20.0. The molecule has 0 fully saturated rings. The molecule has 0 atom stereocenters. The van der Waals surface area contributed by atoms with Crippen LogP contribution in [0.3, 0.4) is 0 Å². The summed E-state index contributed by atoms with van der Waals surface area (Å²) < 4.78 is 61.6. The first-order valence-corrected chi connectivity index (χ1v) is 14.5. The number of fused-ring (bicyclic) bond motifs is 2. The number of carbonyl (C=O) groups is 1. The van der Waals surface area contributed by atoms with Gasteiger partial charge in [-0.1, -0.05) is 0 Å². The number of benzene rings is 3. The lowest BCUT2D eigenvalue weighted by Gasteiger charge is -2.20. The average Bonchev–Trinajstić information content (AvgIpc) is 3.57. The fraction of sp³-hybridized carbons (Fsp3) is 0.100. The molecule has 0 aliphatic rings.